The van der Waals surface area contributed by atoms with Crippen molar-refractivity contribution in [2.75, 3.05) is 13.1 Å². The molecule has 0 bridgehead atoms. The largest absolute Gasteiger partial charge is 0.446 e. The number of pyridine rings is 1. The lowest BCUT2D eigenvalue weighted by Crippen LogP contribution is -2.44. The summed E-state index contributed by atoms with van der Waals surface area (Å²) in [5.74, 6) is -0.0735. The first-order valence-electron chi connectivity index (χ1n) is 10.8. The predicted molar refractivity (Wildman–Crippen MR) is 120 cm³/mol. The lowest BCUT2D eigenvalue weighted by Gasteiger charge is -2.31. The fourth-order valence-electron chi connectivity index (χ4n) is 4.19. The molecule has 7 nitrogen and oxygen atoms in total. The third-order valence-electron chi connectivity index (χ3n) is 5.81. The van der Waals surface area contributed by atoms with E-state index in [2.05, 4.69) is 11.1 Å². The van der Waals surface area contributed by atoms with Crippen LogP contribution in [0.3, 0.4) is 0 Å². The first kappa shape index (κ1) is 22.2. The number of allylic oxidation sites excluding steroid dienone is 1. The van der Waals surface area contributed by atoms with Crippen molar-refractivity contribution < 1.29 is 19.4 Å². The number of nitrogens with zero attached hydrogens (tertiary/aromatic N) is 3. The van der Waals surface area contributed by atoms with Gasteiger partial charge in [-0.25, -0.2) is 4.79 Å². The van der Waals surface area contributed by atoms with E-state index in [9.17, 15) is 20.0 Å². The average molecular weight is 452 g/mol. The summed E-state index contributed by atoms with van der Waals surface area (Å²) >= 11 is 1.47. The van der Waals surface area contributed by atoms with Gasteiger partial charge in [-0.2, -0.15) is 5.26 Å². The number of thiophene rings is 1. The third-order valence-corrected chi connectivity index (χ3v) is 7.06. The number of nitriles is 1. The molecule has 2 atom stereocenters. The van der Waals surface area contributed by atoms with Crippen molar-refractivity contribution in [2.24, 2.45) is 0 Å². The second-order valence-electron chi connectivity index (χ2n) is 8.17. The summed E-state index contributed by atoms with van der Waals surface area (Å²) in [6.45, 7) is 0.914. The fraction of sp³-hybridized carbons (Fsp3) is 0.417. The summed E-state index contributed by atoms with van der Waals surface area (Å²) < 4.78 is 5.70. The summed E-state index contributed by atoms with van der Waals surface area (Å²) in [7, 11) is 0. The zero-order valence-electron chi connectivity index (χ0n) is 17.7. The van der Waals surface area contributed by atoms with Crippen LogP contribution in [0.25, 0.3) is 6.08 Å². The van der Waals surface area contributed by atoms with Crippen LogP contribution in [-0.2, 0) is 28.8 Å². The number of aromatic nitrogens is 1. The predicted octanol–water partition coefficient (Wildman–Crippen LogP) is 3.29. The molecule has 0 saturated carbocycles. The Kier molecular flexibility index (Phi) is 6.98. The molecule has 166 valence electrons. The number of β-amino-alcohol motifs (C(OH)–C–C–N with tert-alkyl or cyclic N) is 1. The zero-order chi connectivity index (χ0) is 22.5. The Labute approximate surface area is 191 Å². The molecular formula is C24H25N3O4S. The molecule has 1 amide bonds. The van der Waals surface area contributed by atoms with Gasteiger partial charge in [0.1, 0.15) is 12.2 Å². The lowest BCUT2D eigenvalue weighted by molar-refractivity contribution is -0.113. The van der Waals surface area contributed by atoms with Crippen LogP contribution in [0.5, 0.6) is 0 Å². The molecular weight excluding hydrogens is 426 g/mol. The van der Waals surface area contributed by atoms with Crippen molar-refractivity contribution >= 4 is 29.3 Å². The van der Waals surface area contributed by atoms with Crippen LogP contribution in [0.4, 0.5) is 4.79 Å². The van der Waals surface area contributed by atoms with Crippen LogP contribution >= 0.6 is 11.3 Å². The summed E-state index contributed by atoms with van der Waals surface area (Å²) in [5.41, 5.74) is 2.42. The second kappa shape index (κ2) is 10.1. The lowest BCUT2D eigenvalue weighted by atomic mass is 9.92. The van der Waals surface area contributed by atoms with Crippen LogP contribution in [0.1, 0.15) is 45.7 Å². The van der Waals surface area contributed by atoms with Gasteiger partial charge in [0.15, 0.2) is 5.78 Å². The van der Waals surface area contributed by atoms with Crippen LogP contribution < -0.4 is 0 Å². The van der Waals surface area contributed by atoms with Crippen molar-refractivity contribution in [2.45, 2.75) is 50.7 Å². The van der Waals surface area contributed by atoms with Gasteiger partial charge in [-0.15, -0.1) is 11.3 Å². The molecule has 1 aliphatic heterocycles. The minimum atomic E-state index is -0.489. The highest BCUT2D eigenvalue weighted by molar-refractivity contribution is 7.12. The maximum absolute atomic E-state index is 12.5. The number of carbonyl (C=O) groups excluding carboxylic acids is 2. The van der Waals surface area contributed by atoms with Gasteiger partial charge < -0.3 is 14.7 Å². The van der Waals surface area contributed by atoms with Gasteiger partial charge in [0.2, 0.25) is 0 Å². The molecule has 1 N–H and O–H groups in total. The molecule has 32 heavy (non-hydrogen) atoms. The number of aliphatic hydroxyl groups is 1. The highest BCUT2D eigenvalue weighted by atomic mass is 32.1. The highest BCUT2D eigenvalue weighted by Gasteiger charge is 2.30. The number of likely N-dealkylation sites (tertiary alicyclic amines) is 1. The minimum absolute atomic E-state index is 0.0735. The van der Waals surface area contributed by atoms with Crippen molar-refractivity contribution in [3.05, 3.63) is 57.0 Å². The Morgan fingerprint density at radius 2 is 2.28 bits per heavy atom. The topological polar surface area (TPSA) is 104 Å². The molecule has 4 rings (SSSR count). The van der Waals surface area contributed by atoms with E-state index in [0.717, 1.165) is 27.3 Å². The van der Waals surface area contributed by atoms with Gasteiger partial charge >= 0.3 is 6.09 Å². The molecule has 8 heteroatoms. The van der Waals surface area contributed by atoms with Gasteiger partial charge in [-0.1, -0.05) is 6.07 Å². The van der Waals surface area contributed by atoms with E-state index in [1.165, 1.54) is 17.4 Å². The molecule has 1 aliphatic carbocycles. The van der Waals surface area contributed by atoms with E-state index in [4.69, 9.17) is 4.74 Å². The Morgan fingerprint density at radius 1 is 1.41 bits per heavy atom. The second-order valence-corrected chi connectivity index (χ2v) is 9.36. The summed E-state index contributed by atoms with van der Waals surface area (Å²) in [4.78, 5) is 32.3. The molecule has 0 aromatic carbocycles. The van der Waals surface area contributed by atoms with Crippen LogP contribution in [-0.4, -0.2) is 52.2 Å². The molecule has 2 aliphatic rings. The monoisotopic (exact) mass is 451 g/mol. The SMILES string of the molecule is N#Cc1c(CC(=O)/C=C/c2cccnc2)sc2c1CCC(OC(=O)N1CCCC(O)C1)C2. The number of carbonyl (C=O) groups is 2. The van der Waals surface area contributed by atoms with Gasteiger partial charge in [0.05, 0.1) is 11.7 Å². The Balaban J connectivity index is 1.40. The van der Waals surface area contributed by atoms with E-state index in [1.807, 2.05) is 12.1 Å². The van der Waals surface area contributed by atoms with E-state index in [-0.39, 0.29) is 24.4 Å². The molecule has 2 aromatic heterocycles. The number of hydrogen-bond acceptors (Lipinski definition) is 7. The molecule has 3 heterocycles. The molecule has 1 fully saturated rings. The molecule has 0 radical (unpaired) electrons. The number of ketones is 1. The van der Waals surface area contributed by atoms with E-state index in [0.29, 0.717) is 44.3 Å². The standard InChI is InChI=1S/C24H25N3O4S/c25-13-21-20-8-7-19(31-24(30)27-10-2-4-18(29)15-27)12-23(20)32-22(21)11-17(28)6-5-16-3-1-9-26-14-16/h1,3,5-6,9,14,18-19,29H,2,4,7-8,10-12,15H2/b6-5+. The number of aliphatic hydroxyl groups excluding tert-OH is 1. The average Bonchev–Trinajstić information content (AvgIpc) is 3.14. The number of amides is 1. The van der Waals surface area contributed by atoms with E-state index < -0.39 is 6.10 Å². The Hall–Kier alpha value is -3.02. The van der Waals surface area contributed by atoms with Gasteiger partial charge in [0, 0.05) is 48.1 Å². The normalized spacial score (nSPS) is 20.6. The van der Waals surface area contributed by atoms with Crippen LogP contribution in [0, 0.1) is 11.3 Å². The quantitative estimate of drug-likeness (QED) is 0.700. The van der Waals surface area contributed by atoms with Crippen molar-refractivity contribution in [3.8, 4) is 6.07 Å². The number of ether oxygens (including phenoxy) is 1. The van der Waals surface area contributed by atoms with Crippen LogP contribution in [0.2, 0.25) is 0 Å². The van der Waals surface area contributed by atoms with E-state index in [1.54, 1.807) is 23.4 Å². The Bertz CT molecular complexity index is 1060. The van der Waals surface area contributed by atoms with Gasteiger partial charge in [0.25, 0.3) is 0 Å². The molecule has 1 saturated heterocycles. The molecule has 2 unspecified atom stereocenters. The smallest absolute Gasteiger partial charge is 0.410 e. The maximum atomic E-state index is 12.5. The summed E-state index contributed by atoms with van der Waals surface area (Å²) in [6, 6.07) is 5.95. The van der Waals surface area contributed by atoms with Crippen molar-refractivity contribution in [3.63, 3.8) is 0 Å². The number of piperidine rings is 1. The number of rotatable bonds is 5. The first-order valence-corrected chi connectivity index (χ1v) is 11.6. The van der Waals surface area contributed by atoms with Gasteiger partial charge in [-0.05, 0) is 55.0 Å². The number of fused-ring (bicyclic) bond motifs is 1. The maximum Gasteiger partial charge on any atom is 0.410 e. The van der Waals surface area contributed by atoms with Crippen LogP contribution in [0.15, 0.2) is 30.6 Å². The molecule has 0 spiro atoms. The highest BCUT2D eigenvalue weighted by Crippen LogP contribution is 2.35. The fourth-order valence-corrected chi connectivity index (χ4v) is 5.57. The summed E-state index contributed by atoms with van der Waals surface area (Å²) in [5, 5.41) is 19.5. The van der Waals surface area contributed by atoms with Crippen molar-refractivity contribution in [1.82, 2.24) is 9.88 Å². The third kappa shape index (κ3) is 5.23. The number of hydrogen-bond donors (Lipinski definition) is 1. The summed E-state index contributed by atoms with van der Waals surface area (Å²) in [6.07, 6.45) is 8.98. The minimum Gasteiger partial charge on any atom is -0.446 e. The Morgan fingerprint density at radius 3 is 3.03 bits per heavy atom. The van der Waals surface area contributed by atoms with Crippen molar-refractivity contribution in [1.29, 1.82) is 5.26 Å². The van der Waals surface area contributed by atoms with E-state index >= 15 is 0 Å². The van der Waals surface area contributed by atoms with Gasteiger partial charge in [-0.3, -0.25) is 9.78 Å². The molecule has 2 aromatic rings. The first-order chi connectivity index (χ1) is 15.5. The zero-order valence-corrected chi connectivity index (χ0v) is 18.5.